The van der Waals surface area contributed by atoms with Gasteiger partial charge in [-0.05, 0) is 25.8 Å². The van der Waals surface area contributed by atoms with Crippen LogP contribution in [0.15, 0.2) is 37.1 Å². The monoisotopic (exact) mass is 804 g/mol. The van der Waals surface area contributed by atoms with Gasteiger partial charge in [0.25, 0.3) is 0 Å². The first kappa shape index (κ1) is 55.2. The van der Waals surface area contributed by atoms with Gasteiger partial charge in [0, 0.05) is 64.5 Å². The molecule has 0 N–H and O–H groups in total. The zero-order chi connectivity index (χ0) is 41.7. The van der Waals surface area contributed by atoms with E-state index in [0.29, 0.717) is 26.4 Å². The summed E-state index contributed by atoms with van der Waals surface area (Å²) in [6.07, 6.45) is 40.3. The van der Waals surface area contributed by atoms with Gasteiger partial charge in [0.05, 0.1) is 24.7 Å². The molecule has 0 fully saturated rings. The van der Waals surface area contributed by atoms with Gasteiger partial charge in [-0.2, -0.15) is 0 Å². The Kier molecular flexibility index (Phi) is 43.8. The fraction of sp³-hybridized carbons (Fsp3) is 0.860. The first-order valence-corrected chi connectivity index (χ1v) is 24.6. The Bertz CT molecular complexity index is 915. The highest BCUT2D eigenvalue weighted by molar-refractivity contribution is 4.92. The van der Waals surface area contributed by atoms with Crippen LogP contribution in [0, 0.1) is 0 Å². The lowest BCUT2D eigenvalue weighted by Gasteiger charge is -2.23. The maximum atomic E-state index is 5.95. The summed E-state index contributed by atoms with van der Waals surface area (Å²) in [6, 6.07) is 0. The number of hydrogen-bond donors (Lipinski definition) is 0. The van der Waals surface area contributed by atoms with Gasteiger partial charge in [0.1, 0.15) is 19.0 Å². The third-order valence-electron chi connectivity index (χ3n) is 10.8. The zero-order valence-electron chi connectivity index (χ0n) is 38.9. The summed E-state index contributed by atoms with van der Waals surface area (Å²) in [5, 5.41) is 0. The fourth-order valence-electron chi connectivity index (χ4n) is 7.15. The molecule has 1 aromatic heterocycles. The van der Waals surface area contributed by atoms with E-state index in [9.17, 15) is 0 Å². The molecule has 0 unspecified atom stereocenters. The van der Waals surface area contributed by atoms with Gasteiger partial charge in [-0.15, -0.1) is 0 Å². The standard InChI is InChI=1S/C48H91N3O4.C2H6/c1-6-9-11-13-15-17-19-21-23-25-27-29-40-52-42-44-54-46(4)32-37-50(35-31-36-51-39-34-49-48(51)8-3)38-33-47(5)55-45-43-53-41-30-28-26-24-22-20-18-16-14-12-10-7-2;1-2/h34,39H,4-33,35-38,40-45H2,1-3H3;1-2H3. The maximum absolute atomic E-state index is 5.95. The van der Waals surface area contributed by atoms with Gasteiger partial charge in [-0.25, -0.2) is 4.98 Å². The Morgan fingerprint density at radius 1 is 0.509 bits per heavy atom. The molecule has 0 radical (unpaired) electrons. The Hall–Kier alpha value is -1.83. The van der Waals surface area contributed by atoms with Crippen LogP contribution in [0.4, 0.5) is 0 Å². The van der Waals surface area contributed by atoms with E-state index in [0.717, 1.165) is 95.3 Å². The van der Waals surface area contributed by atoms with Gasteiger partial charge >= 0.3 is 0 Å². The van der Waals surface area contributed by atoms with Crippen molar-refractivity contribution in [1.29, 1.82) is 0 Å². The van der Waals surface area contributed by atoms with Crippen LogP contribution in [0.5, 0.6) is 0 Å². The Labute approximate surface area is 355 Å². The molecule has 0 atom stereocenters. The number of nitrogens with zero attached hydrogens (tertiary/aromatic N) is 3. The largest absolute Gasteiger partial charge is 0.496 e. The summed E-state index contributed by atoms with van der Waals surface area (Å²) in [5.41, 5.74) is 0. The lowest BCUT2D eigenvalue weighted by Crippen LogP contribution is -2.29. The normalized spacial score (nSPS) is 11.2. The summed E-state index contributed by atoms with van der Waals surface area (Å²) in [6.45, 7) is 27.0. The van der Waals surface area contributed by atoms with Crippen LogP contribution in [-0.4, -0.2) is 73.7 Å². The SMILES string of the molecule is C=C(CCN(CCCn1ccnc1CC)CCC(=C)OCCOCCCCCCCCCCCCCC)OCCOCCCCCCCCCCCCCC.CC. The van der Waals surface area contributed by atoms with Crippen molar-refractivity contribution in [2.24, 2.45) is 0 Å². The van der Waals surface area contributed by atoms with Crippen molar-refractivity contribution in [3.05, 3.63) is 42.9 Å². The van der Waals surface area contributed by atoms with Crippen molar-refractivity contribution in [3.8, 4) is 0 Å². The molecule has 1 aromatic rings. The number of ether oxygens (including phenoxy) is 4. The van der Waals surface area contributed by atoms with Crippen LogP contribution in [0.2, 0.25) is 0 Å². The van der Waals surface area contributed by atoms with Gasteiger partial charge in [0.15, 0.2) is 0 Å². The van der Waals surface area contributed by atoms with Crippen LogP contribution in [-0.2, 0) is 31.9 Å². The van der Waals surface area contributed by atoms with Crippen molar-refractivity contribution < 1.29 is 18.9 Å². The number of imidazole rings is 1. The molecule has 0 saturated heterocycles. The minimum absolute atomic E-state index is 0.573. The van der Waals surface area contributed by atoms with Gasteiger partial charge < -0.3 is 28.4 Å². The molecule has 0 aliphatic rings. The average Bonchev–Trinajstić information content (AvgIpc) is 3.69. The quantitative estimate of drug-likeness (QED) is 0.0483. The average molecular weight is 804 g/mol. The van der Waals surface area contributed by atoms with Crippen molar-refractivity contribution >= 4 is 0 Å². The zero-order valence-corrected chi connectivity index (χ0v) is 38.9. The first-order valence-electron chi connectivity index (χ1n) is 24.6. The summed E-state index contributed by atoms with van der Waals surface area (Å²) in [5.74, 6) is 2.82. The van der Waals surface area contributed by atoms with Crippen molar-refractivity contribution in [1.82, 2.24) is 14.5 Å². The molecule has 7 nitrogen and oxygen atoms in total. The van der Waals surface area contributed by atoms with E-state index in [1.807, 2.05) is 20.0 Å². The third-order valence-corrected chi connectivity index (χ3v) is 10.8. The van der Waals surface area contributed by atoms with E-state index in [1.165, 1.54) is 141 Å². The minimum Gasteiger partial charge on any atom is -0.496 e. The highest BCUT2D eigenvalue weighted by Gasteiger charge is 2.10. The molecule has 1 heterocycles. The second-order valence-electron chi connectivity index (χ2n) is 15.9. The lowest BCUT2D eigenvalue weighted by molar-refractivity contribution is 0.0679. The Balaban J connectivity index is 0.0000154. The summed E-state index contributed by atoms with van der Waals surface area (Å²) < 4.78 is 25.9. The predicted molar refractivity (Wildman–Crippen MR) is 247 cm³/mol. The van der Waals surface area contributed by atoms with Crippen LogP contribution >= 0.6 is 0 Å². The summed E-state index contributed by atoms with van der Waals surface area (Å²) in [7, 11) is 0. The Morgan fingerprint density at radius 2 is 0.895 bits per heavy atom. The fourth-order valence-corrected chi connectivity index (χ4v) is 7.15. The van der Waals surface area contributed by atoms with E-state index in [-0.39, 0.29) is 0 Å². The molecule has 0 bridgehead atoms. The van der Waals surface area contributed by atoms with E-state index in [2.05, 4.69) is 54.6 Å². The minimum atomic E-state index is 0.573. The second kappa shape index (κ2) is 45.3. The molecule has 0 saturated carbocycles. The van der Waals surface area contributed by atoms with Crippen LogP contribution in [0.3, 0.4) is 0 Å². The van der Waals surface area contributed by atoms with Crippen LogP contribution in [0.1, 0.15) is 214 Å². The smallest absolute Gasteiger partial charge is 0.111 e. The van der Waals surface area contributed by atoms with Gasteiger partial charge in [-0.1, -0.05) is 189 Å². The van der Waals surface area contributed by atoms with Crippen LogP contribution < -0.4 is 0 Å². The number of rotatable bonds is 45. The van der Waals surface area contributed by atoms with E-state index in [1.54, 1.807) is 0 Å². The molecular weight excluding hydrogens is 707 g/mol. The van der Waals surface area contributed by atoms with Crippen LogP contribution in [0.25, 0.3) is 0 Å². The molecule has 0 spiro atoms. The molecule has 1 rings (SSSR count). The predicted octanol–water partition coefficient (Wildman–Crippen LogP) is 14.4. The van der Waals surface area contributed by atoms with Gasteiger partial charge in [0.2, 0.25) is 0 Å². The molecule has 0 aliphatic heterocycles. The Morgan fingerprint density at radius 3 is 1.28 bits per heavy atom. The second-order valence-corrected chi connectivity index (χ2v) is 15.9. The molecule has 0 aliphatic carbocycles. The van der Waals surface area contributed by atoms with Crippen molar-refractivity contribution in [2.45, 2.75) is 221 Å². The van der Waals surface area contributed by atoms with E-state index >= 15 is 0 Å². The molecular formula is C50H97N3O4. The number of unbranched alkanes of at least 4 members (excludes halogenated alkanes) is 22. The van der Waals surface area contributed by atoms with Crippen molar-refractivity contribution in [3.63, 3.8) is 0 Å². The van der Waals surface area contributed by atoms with E-state index < -0.39 is 0 Å². The molecule has 0 aromatic carbocycles. The summed E-state index contributed by atoms with van der Waals surface area (Å²) >= 11 is 0. The highest BCUT2D eigenvalue weighted by Crippen LogP contribution is 2.14. The van der Waals surface area contributed by atoms with Crippen molar-refractivity contribution in [2.75, 3.05) is 59.3 Å². The molecule has 57 heavy (non-hydrogen) atoms. The summed E-state index contributed by atoms with van der Waals surface area (Å²) in [4.78, 5) is 6.97. The topological polar surface area (TPSA) is 58.0 Å². The third kappa shape index (κ3) is 38.1. The molecule has 7 heteroatoms. The number of hydrogen-bond acceptors (Lipinski definition) is 6. The lowest BCUT2D eigenvalue weighted by atomic mass is 10.1. The first-order chi connectivity index (χ1) is 28.1. The number of aryl methyl sites for hydroxylation is 2. The highest BCUT2D eigenvalue weighted by atomic mass is 16.5. The van der Waals surface area contributed by atoms with Gasteiger partial charge in [-0.3, -0.25) is 0 Å². The molecule has 0 amide bonds. The van der Waals surface area contributed by atoms with E-state index in [4.69, 9.17) is 18.9 Å². The maximum Gasteiger partial charge on any atom is 0.111 e. The molecule has 336 valence electrons. The number of aromatic nitrogens is 2.